The second-order valence-corrected chi connectivity index (χ2v) is 7.52. The van der Waals surface area contributed by atoms with E-state index in [1.807, 2.05) is 19.9 Å². The summed E-state index contributed by atoms with van der Waals surface area (Å²) in [6.07, 6.45) is 2.34. The largest absolute Gasteiger partial charge is 0.356 e. The molecule has 0 fully saturated rings. The van der Waals surface area contributed by atoms with Crippen molar-refractivity contribution in [3.63, 3.8) is 0 Å². The van der Waals surface area contributed by atoms with Crippen LogP contribution in [0.1, 0.15) is 20.3 Å². The maximum Gasteiger partial charge on any atom is 0.260 e. The number of halogens is 2. The van der Waals surface area contributed by atoms with Crippen molar-refractivity contribution >= 4 is 40.7 Å². The third-order valence-electron chi connectivity index (χ3n) is 4.53. The van der Waals surface area contributed by atoms with E-state index in [0.717, 1.165) is 12.0 Å². The molecule has 0 aliphatic carbocycles. The van der Waals surface area contributed by atoms with Crippen LogP contribution in [0.4, 0.5) is 5.69 Å². The zero-order valence-electron chi connectivity index (χ0n) is 15.8. The minimum atomic E-state index is -1.23. The molecule has 0 spiro atoms. The van der Waals surface area contributed by atoms with Gasteiger partial charge in [-0.05, 0) is 18.1 Å². The SMILES string of the molecule is CCC(C)[C@H](N)C(=O)NCCN(C(=O)C(Cl)Cl)c1cccc(-c2ccno2)c1. The van der Waals surface area contributed by atoms with Crippen LogP contribution in [0.3, 0.4) is 0 Å². The van der Waals surface area contributed by atoms with Crippen LogP contribution < -0.4 is 16.0 Å². The third-order valence-corrected chi connectivity index (χ3v) is 4.90. The molecule has 0 saturated carbocycles. The molecule has 1 heterocycles. The average Bonchev–Trinajstić information content (AvgIpc) is 3.24. The van der Waals surface area contributed by atoms with Gasteiger partial charge >= 0.3 is 0 Å². The summed E-state index contributed by atoms with van der Waals surface area (Å²) in [7, 11) is 0. The lowest BCUT2D eigenvalue weighted by atomic mass is 9.99. The predicted octanol–water partition coefficient (Wildman–Crippen LogP) is 2.97. The zero-order chi connectivity index (χ0) is 20.7. The van der Waals surface area contributed by atoms with Gasteiger partial charge in [0.05, 0.1) is 12.2 Å². The fraction of sp³-hybridized carbons (Fsp3) is 0.421. The van der Waals surface area contributed by atoms with Gasteiger partial charge in [-0.2, -0.15) is 0 Å². The van der Waals surface area contributed by atoms with Gasteiger partial charge in [0.15, 0.2) is 10.6 Å². The molecule has 2 atom stereocenters. The Hall–Kier alpha value is -2.09. The lowest BCUT2D eigenvalue weighted by Crippen LogP contribution is -2.47. The fourth-order valence-corrected chi connectivity index (χ4v) is 2.83. The molecule has 0 bridgehead atoms. The summed E-state index contributed by atoms with van der Waals surface area (Å²) >= 11 is 11.6. The lowest BCUT2D eigenvalue weighted by molar-refractivity contribution is -0.123. The summed E-state index contributed by atoms with van der Waals surface area (Å²) in [5.41, 5.74) is 7.25. The van der Waals surface area contributed by atoms with Crippen molar-refractivity contribution in [2.24, 2.45) is 11.7 Å². The molecule has 0 saturated heterocycles. The van der Waals surface area contributed by atoms with Crippen molar-refractivity contribution < 1.29 is 14.1 Å². The number of carbonyl (C=O) groups excluding carboxylic acids is 2. The van der Waals surface area contributed by atoms with Crippen molar-refractivity contribution in [3.05, 3.63) is 36.5 Å². The first-order chi connectivity index (χ1) is 13.3. The van der Waals surface area contributed by atoms with Crippen molar-refractivity contribution in [1.29, 1.82) is 0 Å². The molecule has 3 N–H and O–H groups in total. The molecule has 1 aromatic heterocycles. The number of benzene rings is 1. The van der Waals surface area contributed by atoms with E-state index in [9.17, 15) is 9.59 Å². The molecular formula is C19H24Cl2N4O3. The number of amides is 2. The highest BCUT2D eigenvalue weighted by Gasteiger charge is 2.24. The Labute approximate surface area is 174 Å². The molecule has 2 aromatic rings. The summed E-state index contributed by atoms with van der Waals surface area (Å²) in [6, 6.07) is 8.24. The van der Waals surface area contributed by atoms with Crippen LogP contribution in [0, 0.1) is 5.92 Å². The van der Waals surface area contributed by atoms with Crippen LogP contribution >= 0.6 is 23.2 Å². The molecule has 0 aliphatic rings. The van der Waals surface area contributed by atoms with E-state index in [0.29, 0.717) is 11.4 Å². The molecule has 2 amide bonds. The van der Waals surface area contributed by atoms with Gasteiger partial charge in [0.25, 0.3) is 5.91 Å². The van der Waals surface area contributed by atoms with E-state index in [1.54, 1.807) is 24.3 Å². The summed E-state index contributed by atoms with van der Waals surface area (Å²) in [5.74, 6) is -0.120. The van der Waals surface area contributed by atoms with Crippen LogP contribution in [0.2, 0.25) is 0 Å². The number of anilines is 1. The first-order valence-corrected chi connectivity index (χ1v) is 9.86. The number of carbonyl (C=O) groups is 2. The Morgan fingerprint density at radius 1 is 1.32 bits per heavy atom. The molecule has 152 valence electrons. The van der Waals surface area contributed by atoms with Crippen LogP contribution in [-0.4, -0.2) is 40.9 Å². The van der Waals surface area contributed by atoms with Gasteiger partial charge < -0.3 is 20.5 Å². The number of nitrogens with zero attached hydrogens (tertiary/aromatic N) is 2. The first-order valence-electron chi connectivity index (χ1n) is 8.99. The summed E-state index contributed by atoms with van der Waals surface area (Å²) in [5, 5.41) is 6.45. The number of nitrogens with two attached hydrogens (primary N) is 1. The maximum atomic E-state index is 12.5. The molecule has 28 heavy (non-hydrogen) atoms. The zero-order valence-corrected chi connectivity index (χ0v) is 17.3. The quantitative estimate of drug-likeness (QED) is 0.600. The van der Waals surface area contributed by atoms with Crippen molar-refractivity contribution in [3.8, 4) is 11.3 Å². The van der Waals surface area contributed by atoms with E-state index >= 15 is 0 Å². The molecule has 2 rings (SSSR count). The van der Waals surface area contributed by atoms with Crippen molar-refractivity contribution in [2.75, 3.05) is 18.0 Å². The number of hydrogen-bond donors (Lipinski definition) is 2. The molecule has 1 unspecified atom stereocenters. The van der Waals surface area contributed by atoms with Crippen LogP contribution in [-0.2, 0) is 9.59 Å². The van der Waals surface area contributed by atoms with Gasteiger partial charge in [-0.15, -0.1) is 0 Å². The van der Waals surface area contributed by atoms with Crippen LogP contribution in [0.5, 0.6) is 0 Å². The van der Waals surface area contributed by atoms with E-state index in [1.165, 1.54) is 11.1 Å². The van der Waals surface area contributed by atoms with Crippen molar-refractivity contribution in [1.82, 2.24) is 10.5 Å². The smallest absolute Gasteiger partial charge is 0.260 e. The Balaban J connectivity index is 2.12. The summed E-state index contributed by atoms with van der Waals surface area (Å²) in [6.45, 7) is 4.29. The van der Waals surface area contributed by atoms with Crippen LogP contribution in [0.15, 0.2) is 41.1 Å². The number of alkyl halides is 2. The van der Waals surface area contributed by atoms with Crippen molar-refractivity contribution in [2.45, 2.75) is 31.1 Å². The summed E-state index contributed by atoms with van der Waals surface area (Å²) < 4.78 is 5.16. The van der Waals surface area contributed by atoms with Gasteiger partial charge in [0, 0.05) is 30.4 Å². The number of nitrogens with one attached hydrogen (secondary N) is 1. The maximum absolute atomic E-state index is 12.5. The Kier molecular flexibility index (Phi) is 8.29. The Morgan fingerprint density at radius 2 is 2.07 bits per heavy atom. The highest BCUT2D eigenvalue weighted by atomic mass is 35.5. The molecule has 0 aliphatic heterocycles. The average molecular weight is 427 g/mol. The van der Waals surface area contributed by atoms with Gasteiger partial charge in [-0.1, -0.05) is 60.8 Å². The fourth-order valence-electron chi connectivity index (χ4n) is 2.60. The van der Waals surface area contributed by atoms with E-state index in [4.69, 9.17) is 33.5 Å². The minimum absolute atomic E-state index is 0.0615. The molecule has 9 heteroatoms. The standard InChI is InChI=1S/C19H24Cl2N4O3/c1-3-12(2)16(22)18(26)23-9-10-25(19(27)17(20)21)14-6-4-5-13(11-14)15-7-8-24-28-15/h4-8,11-12,16-17H,3,9-10,22H2,1-2H3,(H,23,26)/t12?,16-/m0/s1. The van der Waals surface area contributed by atoms with Crippen LogP contribution in [0.25, 0.3) is 11.3 Å². The summed E-state index contributed by atoms with van der Waals surface area (Å²) in [4.78, 5) is 24.8. The molecule has 7 nitrogen and oxygen atoms in total. The number of rotatable bonds is 9. The third kappa shape index (κ3) is 5.70. The normalized spacial score (nSPS) is 13.2. The predicted molar refractivity (Wildman–Crippen MR) is 110 cm³/mol. The monoisotopic (exact) mass is 426 g/mol. The topological polar surface area (TPSA) is 101 Å². The minimum Gasteiger partial charge on any atom is -0.356 e. The van der Waals surface area contributed by atoms with Gasteiger partial charge in [0.2, 0.25) is 5.91 Å². The Morgan fingerprint density at radius 3 is 2.68 bits per heavy atom. The molecule has 1 aromatic carbocycles. The van der Waals surface area contributed by atoms with Gasteiger partial charge in [-0.25, -0.2) is 0 Å². The lowest BCUT2D eigenvalue weighted by Gasteiger charge is -2.25. The number of aromatic nitrogens is 1. The molecule has 0 radical (unpaired) electrons. The first kappa shape index (κ1) is 22.2. The number of hydrogen-bond acceptors (Lipinski definition) is 5. The second kappa shape index (κ2) is 10.5. The van der Waals surface area contributed by atoms with E-state index in [-0.39, 0.29) is 24.9 Å². The second-order valence-electron chi connectivity index (χ2n) is 6.42. The van der Waals surface area contributed by atoms with Gasteiger partial charge in [-0.3, -0.25) is 9.59 Å². The Bertz CT molecular complexity index is 783. The van der Waals surface area contributed by atoms with E-state index < -0.39 is 16.8 Å². The highest BCUT2D eigenvalue weighted by molar-refractivity contribution is 6.54. The highest BCUT2D eigenvalue weighted by Crippen LogP contribution is 2.25. The van der Waals surface area contributed by atoms with Gasteiger partial charge in [0.1, 0.15) is 0 Å². The molecular weight excluding hydrogens is 403 g/mol. The van der Waals surface area contributed by atoms with E-state index in [2.05, 4.69) is 10.5 Å².